The number of halogens is 3. The van der Waals surface area contributed by atoms with Crippen LogP contribution in [0.1, 0.15) is 23.9 Å². The molecule has 174 valence electrons. The van der Waals surface area contributed by atoms with Crippen LogP contribution in [0.4, 0.5) is 19.0 Å². The molecule has 0 amide bonds. The van der Waals surface area contributed by atoms with Gasteiger partial charge in [0.05, 0.1) is 6.61 Å². The summed E-state index contributed by atoms with van der Waals surface area (Å²) < 4.78 is 44.9. The number of hydrogen-bond acceptors (Lipinski definition) is 7. The lowest BCUT2D eigenvalue weighted by Gasteiger charge is -2.35. The Morgan fingerprint density at radius 1 is 1.06 bits per heavy atom. The minimum Gasteiger partial charge on any atom is -0.463 e. The quantitative estimate of drug-likeness (QED) is 0.413. The molecule has 11 heteroatoms. The maximum absolute atomic E-state index is 13.1. The van der Waals surface area contributed by atoms with Gasteiger partial charge in [-0.1, -0.05) is 24.3 Å². The van der Waals surface area contributed by atoms with Crippen LogP contribution in [0, 0.1) is 0 Å². The molecular formula is C22H23F3N6O2. The molecule has 0 atom stereocenters. The largest absolute Gasteiger partial charge is 0.463 e. The molecule has 3 heterocycles. The van der Waals surface area contributed by atoms with Crippen LogP contribution in [0.15, 0.2) is 42.5 Å². The molecule has 3 aromatic rings. The minimum absolute atomic E-state index is 0.0604. The molecule has 1 fully saturated rings. The van der Waals surface area contributed by atoms with E-state index in [1.165, 1.54) is 12.1 Å². The van der Waals surface area contributed by atoms with Crippen molar-refractivity contribution in [3.05, 3.63) is 59.4 Å². The second-order valence-electron chi connectivity index (χ2n) is 7.57. The Bertz CT molecular complexity index is 1140. The first-order valence-electron chi connectivity index (χ1n) is 10.5. The Hall–Kier alpha value is -3.47. The number of rotatable bonds is 6. The topological polar surface area (TPSA) is 75.9 Å². The zero-order valence-corrected chi connectivity index (χ0v) is 18.0. The van der Waals surface area contributed by atoms with E-state index in [0.29, 0.717) is 25.5 Å². The smallest absolute Gasteiger partial charge is 0.453 e. The lowest BCUT2D eigenvalue weighted by Crippen LogP contribution is -2.46. The molecule has 0 bridgehead atoms. The fourth-order valence-corrected chi connectivity index (χ4v) is 3.61. The normalized spacial score (nSPS) is 15.5. The summed E-state index contributed by atoms with van der Waals surface area (Å²) in [5.41, 5.74) is 2.10. The third-order valence-electron chi connectivity index (χ3n) is 5.28. The zero-order chi connectivity index (χ0) is 23.4. The predicted molar refractivity (Wildman–Crippen MR) is 115 cm³/mol. The van der Waals surface area contributed by atoms with E-state index < -0.39 is 12.0 Å². The van der Waals surface area contributed by atoms with E-state index in [1.807, 2.05) is 29.2 Å². The molecule has 2 aromatic heterocycles. The number of aromatic nitrogens is 4. The third kappa shape index (κ3) is 5.48. The van der Waals surface area contributed by atoms with Crippen LogP contribution >= 0.6 is 0 Å². The van der Waals surface area contributed by atoms with E-state index in [-0.39, 0.29) is 11.6 Å². The van der Waals surface area contributed by atoms with Crippen LogP contribution in [0.2, 0.25) is 0 Å². The second kappa shape index (κ2) is 9.57. The number of hydrogen-bond donors (Lipinski definition) is 0. The summed E-state index contributed by atoms with van der Waals surface area (Å²) in [5.74, 6) is -1.03. The van der Waals surface area contributed by atoms with Crippen molar-refractivity contribution >= 4 is 23.5 Å². The van der Waals surface area contributed by atoms with Crippen molar-refractivity contribution in [2.75, 3.05) is 37.7 Å². The third-order valence-corrected chi connectivity index (χ3v) is 5.28. The number of benzene rings is 1. The molecule has 4 rings (SSSR count). The number of esters is 1. The Labute approximate surface area is 188 Å². The van der Waals surface area contributed by atoms with Crippen LogP contribution < -0.4 is 4.90 Å². The first-order chi connectivity index (χ1) is 15.8. The van der Waals surface area contributed by atoms with E-state index in [9.17, 15) is 18.0 Å². The highest BCUT2D eigenvalue weighted by molar-refractivity contribution is 5.87. The number of carbonyl (C=O) groups excluding carboxylic acids is 1. The van der Waals surface area contributed by atoms with E-state index >= 15 is 0 Å². The van der Waals surface area contributed by atoms with Crippen LogP contribution in [0.5, 0.6) is 0 Å². The molecule has 1 aliphatic heterocycles. The van der Waals surface area contributed by atoms with Crippen LogP contribution in [-0.4, -0.2) is 63.5 Å². The van der Waals surface area contributed by atoms with Crippen molar-refractivity contribution in [2.24, 2.45) is 0 Å². The van der Waals surface area contributed by atoms with Gasteiger partial charge in [-0.3, -0.25) is 4.90 Å². The van der Waals surface area contributed by atoms with Gasteiger partial charge in [0.1, 0.15) is 5.82 Å². The van der Waals surface area contributed by atoms with E-state index in [2.05, 4.69) is 20.2 Å². The van der Waals surface area contributed by atoms with Crippen molar-refractivity contribution in [1.29, 1.82) is 0 Å². The zero-order valence-electron chi connectivity index (χ0n) is 18.0. The molecule has 33 heavy (non-hydrogen) atoms. The van der Waals surface area contributed by atoms with Crippen molar-refractivity contribution in [3.8, 4) is 0 Å². The Morgan fingerprint density at radius 3 is 2.45 bits per heavy atom. The van der Waals surface area contributed by atoms with Crippen molar-refractivity contribution < 1.29 is 22.7 Å². The average Bonchev–Trinajstić information content (AvgIpc) is 3.23. The van der Waals surface area contributed by atoms with Gasteiger partial charge < -0.3 is 9.64 Å². The van der Waals surface area contributed by atoms with E-state index in [1.54, 1.807) is 19.1 Å². The van der Waals surface area contributed by atoms with E-state index in [4.69, 9.17) is 4.74 Å². The second-order valence-corrected chi connectivity index (χ2v) is 7.57. The Kier molecular flexibility index (Phi) is 6.59. The molecule has 1 saturated heterocycles. The summed E-state index contributed by atoms with van der Waals surface area (Å²) in [6, 6.07) is 11.1. The monoisotopic (exact) mass is 460 g/mol. The number of anilines is 1. The molecule has 0 aliphatic carbocycles. The predicted octanol–water partition coefficient (Wildman–Crippen LogP) is 3.04. The lowest BCUT2D eigenvalue weighted by molar-refractivity contribution is -0.146. The fourth-order valence-electron chi connectivity index (χ4n) is 3.61. The molecule has 0 saturated carbocycles. The molecule has 0 radical (unpaired) electrons. The highest BCUT2D eigenvalue weighted by Crippen LogP contribution is 2.28. The van der Waals surface area contributed by atoms with Crippen molar-refractivity contribution in [1.82, 2.24) is 24.7 Å². The summed E-state index contributed by atoms with van der Waals surface area (Å²) in [5, 5.41) is 10.9. The minimum atomic E-state index is -4.62. The van der Waals surface area contributed by atoms with Gasteiger partial charge >= 0.3 is 12.1 Å². The lowest BCUT2D eigenvalue weighted by atomic mass is 10.1. The van der Waals surface area contributed by atoms with Gasteiger partial charge in [-0.2, -0.15) is 17.7 Å². The molecule has 0 spiro atoms. The van der Waals surface area contributed by atoms with Gasteiger partial charge in [0.2, 0.25) is 0 Å². The summed E-state index contributed by atoms with van der Waals surface area (Å²) in [6.07, 6.45) is -1.50. The van der Waals surface area contributed by atoms with Crippen LogP contribution in [0.3, 0.4) is 0 Å². The van der Waals surface area contributed by atoms with Gasteiger partial charge in [-0.05, 0) is 36.3 Å². The van der Waals surface area contributed by atoms with Crippen molar-refractivity contribution in [3.63, 3.8) is 0 Å². The molecule has 1 aromatic carbocycles. The van der Waals surface area contributed by atoms with Crippen molar-refractivity contribution in [2.45, 2.75) is 19.6 Å². The molecular weight excluding hydrogens is 437 g/mol. The summed E-state index contributed by atoms with van der Waals surface area (Å²) in [4.78, 5) is 15.6. The van der Waals surface area contributed by atoms with Gasteiger partial charge in [0, 0.05) is 38.8 Å². The number of piperazine rings is 1. The number of fused-ring (bicyclic) bond motifs is 1. The maximum atomic E-state index is 13.1. The Balaban J connectivity index is 1.34. The number of ether oxygens (including phenoxy) is 1. The van der Waals surface area contributed by atoms with Crippen LogP contribution in [0.25, 0.3) is 11.7 Å². The summed E-state index contributed by atoms with van der Waals surface area (Å²) in [7, 11) is 0. The highest BCUT2D eigenvalue weighted by Gasteiger charge is 2.37. The summed E-state index contributed by atoms with van der Waals surface area (Å²) >= 11 is 0. The van der Waals surface area contributed by atoms with Gasteiger partial charge in [0.15, 0.2) is 5.65 Å². The number of carbonyl (C=O) groups is 1. The average molecular weight is 460 g/mol. The molecule has 0 N–H and O–H groups in total. The maximum Gasteiger partial charge on any atom is 0.453 e. The standard InChI is InChI=1S/C22H23F3N6O2/c1-2-33-20(32)10-7-16-3-5-17(6-4-16)15-29-11-13-30(14-12-29)19-9-8-18-26-27-21(22(23,24)25)31(18)28-19/h3-10H,2,11-15H2,1H3. The SMILES string of the molecule is CCOC(=O)C=Cc1ccc(CN2CCN(c3ccc4nnc(C(F)(F)F)n4n3)CC2)cc1. The number of alkyl halides is 3. The summed E-state index contributed by atoms with van der Waals surface area (Å²) in [6.45, 7) is 5.64. The molecule has 0 unspecified atom stereocenters. The van der Waals surface area contributed by atoms with E-state index in [0.717, 1.165) is 35.3 Å². The molecule has 8 nitrogen and oxygen atoms in total. The Morgan fingerprint density at radius 2 is 1.79 bits per heavy atom. The fraction of sp³-hybridized carbons (Fsp3) is 0.364. The number of nitrogens with zero attached hydrogens (tertiary/aromatic N) is 6. The first kappa shape index (κ1) is 22.7. The first-order valence-corrected chi connectivity index (χ1v) is 10.5. The van der Waals surface area contributed by atoms with Gasteiger partial charge in [-0.25, -0.2) is 4.79 Å². The highest BCUT2D eigenvalue weighted by atomic mass is 19.4. The van der Waals surface area contributed by atoms with Gasteiger partial charge in [-0.15, -0.1) is 15.3 Å². The van der Waals surface area contributed by atoms with Crippen LogP contribution in [-0.2, 0) is 22.3 Å². The molecule has 1 aliphatic rings. The van der Waals surface area contributed by atoms with Gasteiger partial charge in [0.25, 0.3) is 5.82 Å².